The molecule has 3 rings (SSSR count). The van der Waals surface area contributed by atoms with Gasteiger partial charge in [-0.2, -0.15) is 13.2 Å². The van der Waals surface area contributed by atoms with Gasteiger partial charge in [0.05, 0.1) is 25.0 Å². The summed E-state index contributed by atoms with van der Waals surface area (Å²) in [5.41, 5.74) is 0.390. The molecular formula is C22H26F3NO7. The molecule has 2 N–H and O–H groups in total. The number of nitrogens with zero attached hydrogens (tertiary/aromatic N) is 1. The molecule has 3 heterocycles. The lowest BCUT2D eigenvalue weighted by Gasteiger charge is -2.22. The van der Waals surface area contributed by atoms with Crippen molar-refractivity contribution in [1.29, 1.82) is 0 Å². The lowest BCUT2D eigenvalue weighted by Crippen LogP contribution is -2.38. The topological polar surface area (TPSA) is 113 Å². The molecular weight excluding hydrogens is 447 g/mol. The molecule has 11 heteroatoms. The highest BCUT2D eigenvalue weighted by Gasteiger charge is 2.54. The van der Waals surface area contributed by atoms with Crippen LogP contribution in [0.1, 0.15) is 67.0 Å². The van der Waals surface area contributed by atoms with E-state index in [0.717, 1.165) is 24.2 Å². The molecule has 1 aliphatic rings. The lowest BCUT2D eigenvalue weighted by atomic mass is 10.1. The van der Waals surface area contributed by atoms with Crippen LogP contribution in [0.15, 0.2) is 33.3 Å². The summed E-state index contributed by atoms with van der Waals surface area (Å²) in [7, 11) is 0. The molecule has 8 nitrogen and oxygen atoms in total. The van der Waals surface area contributed by atoms with Crippen molar-refractivity contribution in [2.24, 2.45) is 5.92 Å². The summed E-state index contributed by atoms with van der Waals surface area (Å²) in [4.78, 5) is 24.4. The average molecular weight is 473 g/mol. The molecule has 1 aliphatic heterocycles. The molecule has 1 amide bonds. The van der Waals surface area contributed by atoms with E-state index in [1.165, 1.54) is 24.5 Å². The number of hydrogen-bond acceptors (Lipinski definition) is 6. The summed E-state index contributed by atoms with van der Waals surface area (Å²) in [6.07, 6.45) is -1.68. The molecule has 0 spiro atoms. The van der Waals surface area contributed by atoms with E-state index in [-0.39, 0.29) is 30.6 Å². The van der Waals surface area contributed by atoms with E-state index >= 15 is 0 Å². The Morgan fingerprint density at radius 3 is 2.73 bits per heavy atom. The Labute approximate surface area is 187 Å². The third kappa shape index (κ3) is 5.97. The first kappa shape index (κ1) is 24.8. The second-order valence-electron chi connectivity index (χ2n) is 8.01. The number of carboxylic acid groups (broad SMARTS) is 1. The van der Waals surface area contributed by atoms with Crippen LogP contribution in [0.3, 0.4) is 0 Å². The molecule has 182 valence electrons. The van der Waals surface area contributed by atoms with Crippen LogP contribution in [0.2, 0.25) is 0 Å². The number of aromatic carboxylic acids is 1. The van der Waals surface area contributed by atoms with Crippen LogP contribution in [0.4, 0.5) is 19.1 Å². The van der Waals surface area contributed by atoms with E-state index < -0.39 is 42.5 Å². The summed E-state index contributed by atoms with van der Waals surface area (Å²) in [6, 6.07) is 3.04. The first-order chi connectivity index (χ1) is 15.6. The Hall–Kier alpha value is -2.79. The first-order valence-corrected chi connectivity index (χ1v) is 10.7. The van der Waals surface area contributed by atoms with Crippen LogP contribution in [-0.2, 0) is 16.1 Å². The van der Waals surface area contributed by atoms with Crippen molar-refractivity contribution < 1.29 is 46.5 Å². The van der Waals surface area contributed by atoms with E-state index in [9.17, 15) is 27.9 Å². The molecule has 0 aliphatic carbocycles. The van der Waals surface area contributed by atoms with E-state index in [0.29, 0.717) is 12.0 Å². The van der Waals surface area contributed by atoms with Crippen molar-refractivity contribution in [3.05, 3.63) is 41.5 Å². The van der Waals surface area contributed by atoms with Crippen LogP contribution in [-0.4, -0.2) is 40.9 Å². The van der Waals surface area contributed by atoms with Gasteiger partial charge >= 0.3 is 12.1 Å². The summed E-state index contributed by atoms with van der Waals surface area (Å²) < 4.78 is 56.1. The largest absolute Gasteiger partial charge is 0.475 e. The van der Waals surface area contributed by atoms with Gasteiger partial charge in [-0.25, -0.2) is 4.79 Å². The number of amides is 1. The summed E-state index contributed by atoms with van der Waals surface area (Å²) in [5, 5.41) is 19.2. The number of aliphatic hydroxyl groups is 1. The van der Waals surface area contributed by atoms with Crippen molar-refractivity contribution >= 4 is 17.8 Å². The molecule has 33 heavy (non-hydrogen) atoms. The maximum atomic E-state index is 13.4. The molecule has 3 atom stereocenters. The van der Waals surface area contributed by atoms with Crippen LogP contribution < -0.4 is 4.90 Å². The van der Waals surface area contributed by atoms with Gasteiger partial charge in [0.1, 0.15) is 18.3 Å². The zero-order valence-corrected chi connectivity index (χ0v) is 18.0. The van der Waals surface area contributed by atoms with Crippen molar-refractivity contribution in [3.8, 4) is 0 Å². The molecule has 0 radical (unpaired) electrons. The number of hydrogen-bond donors (Lipinski definition) is 2. The molecule has 1 saturated heterocycles. The zero-order chi connectivity index (χ0) is 24.2. The van der Waals surface area contributed by atoms with Crippen LogP contribution in [0.5, 0.6) is 0 Å². The predicted octanol–water partition coefficient (Wildman–Crippen LogP) is 4.69. The molecule has 2 aromatic heterocycles. The van der Waals surface area contributed by atoms with Gasteiger partial charge in [0.2, 0.25) is 17.6 Å². The highest BCUT2D eigenvalue weighted by Crippen LogP contribution is 2.41. The fourth-order valence-electron chi connectivity index (χ4n) is 3.79. The van der Waals surface area contributed by atoms with Crippen LogP contribution in [0.25, 0.3) is 0 Å². The zero-order valence-electron chi connectivity index (χ0n) is 18.0. The standard InChI is InChI=1S/C22H26F3NO7/c1-2-3-4-5-17(27)13-8-19(32-10-13)26-14(9-16(20(26)28)22(23,24)25)11-31-12-15-6-7-18(33-15)21(29)30/h6-8,10,14,16-17,27H,2-5,9,11-12H2,1H3,(H,29,30). The third-order valence-electron chi connectivity index (χ3n) is 5.54. The number of carboxylic acids is 1. The SMILES string of the molecule is CCCCCC(O)c1coc(N2C(=O)C(C(F)(F)F)CC2COCc2ccc(C(=O)O)o2)c1. The van der Waals surface area contributed by atoms with Gasteiger partial charge in [-0.3, -0.25) is 9.69 Å². The van der Waals surface area contributed by atoms with Gasteiger partial charge in [0, 0.05) is 11.6 Å². The molecule has 3 unspecified atom stereocenters. The van der Waals surface area contributed by atoms with E-state index in [2.05, 4.69) is 0 Å². The van der Waals surface area contributed by atoms with Crippen molar-refractivity contribution in [2.45, 2.75) is 64.0 Å². The Bertz CT molecular complexity index is 952. The normalized spacial score (nSPS) is 19.9. The van der Waals surface area contributed by atoms with E-state index in [1.807, 2.05) is 6.92 Å². The number of rotatable bonds is 11. The minimum Gasteiger partial charge on any atom is -0.475 e. The number of halogens is 3. The smallest absolute Gasteiger partial charge is 0.400 e. The van der Waals surface area contributed by atoms with E-state index in [1.54, 1.807) is 0 Å². The molecule has 0 saturated carbocycles. The van der Waals surface area contributed by atoms with Gasteiger partial charge in [0.25, 0.3) is 0 Å². The molecule has 0 aromatic carbocycles. The van der Waals surface area contributed by atoms with Crippen molar-refractivity contribution in [3.63, 3.8) is 0 Å². The summed E-state index contributed by atoms with van der Waals surface area (Å²) >= 11 is 0. The Balaban J connectivity index is 1.71. The van der Waals surface area contributed by atoms with Gasteiger partial charge < -0.3 is 23.8 Å². The third-order valence-corrected chi connectivity index (χ3v) is 5.54. The Morgan fingerprint density at radius 1 is 1.33 bits per heavy atom. The lowest BCUT2D eigenvalue weighted by molar-refractivity contribution is -0.177. The fraction of sp³-hybridized carbons (Fsp3) is 0.545. The number of carbonyl (C=O) groups is 2. The first-order valence-electron chi connectivity index (χ1n) is 10.7. The maximum Gasteiger partial charge on any atom is 0.400 e. The van der Waals surface area contributed by atoms with Gasteiger partial charge in [-0.15, -0.1) is 0 Å². The fourth-order valence-corrected chi connectivity index (χ4v) is 3.79. The number of ether oxygens (including phenoxy) is 1. The Kier molecular flexibility index (Phi) is 7.85. The number of carbonyl (C=O) groups excluding carboxylic acids is 1. The summed E-state index contributed by atoms with van der Waals surface area (Å²) in [5.74, 6) is -4.79. The minimum atomic E-state index is -4.73. The minimum absolute atomic E-state index is 0.0870. The van der Waals surface area contributed by atoms with E-state index in [4.69, 9.17) is 18.7 Å². The highest BCUT2D eigenvalue weighted by molar-refractivity contribution is 5.97. The quantitative estimate of drug-likeness (QED) is 0.456. The second-order valence-corrected chi connectivity index (χ2v) is 8.01. The number of anilines is 1. The predicted molar refractivity (Wildman–Crippen MR) is 109 cm³/mol. The van der Waals surface area contributed by atoms with Crippen molar-refractivity contribution in [2.75, 3.05) is 11.5 Å². The average Bonchev–Trinajstić information content (AvgIpc) is 3.46. The highest BCUT2D eigenvalue weighted by atomic mass is 19.4. The monoisotopic (exact) mass is 473 g/mol. The van der Waals surface area contributed by atoms with Crippen LogP contribution in [0, 0.1) is 5.92 Å². The van der Waals surface area contributed by atoms with Crippen LogP contribution >= 0.6 is 0 Å². The van der Waals surface area contributed by atoms with Gasteiger partial charge in [-0.05, 0) is 25.0 Å². The number of unbranched alkanes of at least 4 members (excludes halogenated alkanes) is 2. The number of alkyl halides is 3. The second kappa shape index (κ2) is 10.4. The summed E-state index contributed by atoms with van der Waals surface area (Å²) in [6.45, 7) is 1.59. The number of aliphatic hydroxyl groups excluding tert-OH is 1. The molecule has 1 fully saturated rings. The maximum absolute atomic E-state index is 13.4. The van der Waals surface area contributed by atoms with Gasteiger partial charge in [-0.1, -0.05) is 26.2 Å². The number of furan rings is 2. The molecule has 2 aromatic rings. The Morgan fingerprint density at radius 2 is 2.09 bits per heavy atom. The molecule has 0 bridgehead atoms. The van der Waals surface area contributed by atoms with Crippen molar-refractivity contribution in [1.82, 2.24) is 0 Å². The van der Waals surface area contributed by atoms with Gasteiger partial charge in [0.15, 0.2) is 0 Å².